The number of methoxy groups -OCH3 is 2. The highest BCUT2D eigenvalue weighted by Gasteiger charge is 2.27. The van der Waals surface area contributed by atoms with Gasteiger partial charge in [0, 0.05) is 28.7 Å². The summed E-state index contributed by atoms with van der Waals surface area (Å²) in [6.07, 6.45) is 1.03. The van der Waals surface area contributed by atoms with Gasteiger partial charge in [0.15, 0.2) is 11.5 Å². The molecule has 43 heavy (non-hydrogen) atoms. The summed E-state index contributed by atoms with van der Waals surface area (Å²) in [6, 6.07) is 20.3. The topological polar surface area (TPSA) is 114 Å². The molecule has 3 N–H and O–H groups in total. The summed E-state index contributed by atoms with van der Waals surface area (Å²) in [6.45, 7) is 6.08. The minimum absolute atomic E-state index is 0.0233. The molecule has 3 aromatic carbocycles. The molecule has 0 heterocycles. The Balaban J connectivity index is 1.62. The molecule has 2 atom stereocenters. The number of ether oxygens (including phenoxy) is 2. The Hall–Kier alpha value is -3.98. The van der Waals surface area contributed by atoms with Gasteiger partial charge in [0.2, 0.25) is 11.8 Å². The number of amides is 2. The maximum Gasteiger partial charge on any atom is 0.305 e. The molecule has 2 amide bonds. The fourth-order valence-corrected chi connectivity index (χ4v) is 5.85. The fourth-order valence-electron chi connectivity index (χ4n) is 4.83. The van der Waals surface area contributed by atoms with Crippen LogP contribution in [0.4, 0.5) is 5.69 Å². The van der Waals surface area contributed by atoms with Crippen LogP contribution in [0, 0.1) is 18.8 Å². The predicted octanol–water partition coefficient (Wildman–Crippen LogP) is 6.67. The molecule has 3 rings (SSSR count). The molecule has 9 heteroatoms. The number of anilines is 1. The summed E-state index contributed by atoms with van der Waals surface area (Å²) in [5.74, 6) is -0.302. The zero-order chi connectivity index (χ0) is 31.4. The molecule has 0 radical (unpaired) electrons. The van der Waals surface area contributed by atoms with Gasteiger partial charge in [-0.15, -0.1) is 11.8 Å². The lowest BCUT2D eigenvalue weighted by molar-refractivity contribution is -0.138. The summed E-state index contributed by atoms with van der Waals surface area (Å²) in [5.41, 5.74) is 3.68. The standard InChI is InChI=1S/C34H42N2O6S/c1-22(2)18-26(34(40)36-28(21-33(38)39)25-12-15-29(41-4)30(19-25)42-5)20-32(37)35-27-13-10-24(11-14-27)16-17-43-31-9-7-6-8-23(31)3/h6-15,19,22,26,28H,16-18,20-21H2,1-5H3,(H,35,37)(H,36,40)(H,38,39). The van der Waals surface area contributed by atoms with Gasteiger partial charge in [-0.1, -0.05) is 50.2 Å². The Kier molecular flexibility index (Phi) is 12.9. The number of rotatable bonds is 16. The van der Waals surface area contributed by atoms with E-state index in [2.05, 4.69) is 35.8 Å². The normalized spacial score (nSPS) is 12.3. The van der Waals surface area contributed by atoms with E-state index in [0.29, 0.717) is 29.2 Å². The molecular weight excluding hydrogens is 564 g/mol. The van der Waals surface area contributed by atoms with E-state index in [0.717, 1.165) is 12.2 Å². The number of aliphatic carboxylic acids is 1. The number of benzene rings is 3. The second kappa shape index (κ2) is 16.6. The summed E-state index contributed by atoms with van der Waals surface area (Å²) in [4.78, 5) is 39.4. The molecule has 230 valence electrons. The summed E-state index contributed by atoms with van der Waals surface area (Å²) >= 11 is 1.83. The van der Waals surface area contributed by atoms with Crippen LogP contribution in [0.15, 0.2) is 71.6 Å². The molecular formula is C34H42N2O6S. The first-order chi connectivity index (χ1) is 20.6. The van der Waals surface area contributed by atoms with Crippen LogP contribution in [0.1, 0.15) is 55.8 Å². The van der Waals surface area contributed by atoms with E-state index in [1.165, 1.54) is 30.2 Å². The van der Waals surface area contributed by atoms with Crippen molar-refractivity contribution in [3.8, 4) is 11.5 Å². The lowest BCUT2D eigenvalue weighted by Crippen LogP contribution is -2.37. The van der Waals surface area contributed by atoms with E-state index >= 15 is 0 Å². The molecule has 0 spiro atoms. The SMILES string of the molecule is COc1ccc(C(CC(=O)O)NC(=O)C(CC(=O)Nc2ccc(CCSc3ccccc3C)cc2)CC(C)C)cc1OC. The minimum Gasteiger partial charge on any atom is -0.493 e. The number of nitrogens with one attached hydrogen (secondary N) is 2. The number of aryl methyl sites for hydroxylation is 2. The van der Waals surface area contributed by atoms with Crippen molar-refractivity contribution in [1.29, 1.82) is 0 Å². The van der Waals surface area contributed by atoms with E-state index in [9.17, 15) is 19.5 Å². The number of hydrogen-bond donors (Lipinski definition) is 3. The zero-order valence-corrected chi connectivity index (χ0v) is 26.3. The predicted molar refractivity (Wildman–Crippen MR) is 171 cm³/mol. The van der Waals surface area contributed by atoms with Crippen molar-refractivity contribution in [3.05, 3.63) is 83.4 Å². The van der Waals surface area contributed by atoms with Crippen molar-refractivity contribution < 1.29 is 29.0 Å². The van der Waals surface area contributed by atoms with E-state index in [4.69, 9.17) is 9.47 Å². The summed E-state index contributed by atoms with van der Waals surface area (Å²) in [5, 5.41) is 15.3. The number of carboxylic acid groups (broad SMARTS) is 1. The first-order valence-corrected chi connectivity index (χ1v) is 15.4. The fraction of sp³-hybridized carbons (Fsp3) is 0.382. The molecule has 0 fully saturated rings. The second-order valence-corrected chi connectivity index (χ2v) is 12.0. The van der Waals surface area contributed by atoms with Crippen LogP contribution in [0.5, 0.6) is 11.5 Å². The van der Waals surface area contributed by atoms with Gasteiger partial charge in [0.1, 0.15) is 0 Å². The van der Waals surface area contributed by atoms with E-state index in [-0.39, 0.29) is 30.6 Å². The van der Waals surface area contributed by atoms with E-state index in [1.54, 1.807) is 18.2 Å². The van der Waals surface area contributed by atoms with Gasteiger partial charge < -0.3 is 25.2 Å². The Morgan fingerprint density at radius 1 is 0.907 bits per heavy atom. The highest BCUT2D eigenvalue weighted by atomic mass is 32.2. The monoisotopic (exact) mass is 606 g/mol. The first-order valence-electron chi connectivity index (χ1n) is 14.4. The number of carbonyl (C=O) groups excluding carboxylic acids is 2. The van der Waals surface area contributed by atoms with Crippen LogP contribution in [-0.4, -0.2) is 42.9 Å². The number of carboxylic acids is 1. The average molecular weight is 607 g/mol. The van der Waals surface area contributed by atoms with Gasteiger partial charge in [-0.2, -0.15) is 0 Å². The van der Waals surface area contributed by atoms with Crippen LogP contribution in [0.25, 0.3) is 0 Å². The van der Waals surface area contributed by atoms with Gasteiger partial charge in [-0.3, -0.25) is 14.4 Å². The lowest BCUT2D eigenvalue weighted by Gasteiger charge is -2.24. The molecule has 2 unspecified atom stereocenters. The largest absolute Gasteiger partial charge is 0.493 e. The third-order valence-electron chi connectivity index (χ3n) is 7.04. The van der Waals surface area contributed by atoms with E-state index < -0.39 is 17.9 Å². The molecule has 0 saturated carbocycles. The molecule has 0 bridgehead atoms. The molecule has 0 aliphatic carbocycles. The summed E-state index contributed by atoms with van der Waals surface area (Å²) in [7, 11) is 3.00. The first kappa shape index (κ1) is 33.5. The van der Waals surface area contributed by atoms with Gasteiger partial charge in [-0.05, 0) is 72.7 Å². The number of carbonyl (C=O) groups is 3. The van der Waals surface area contributed by atoms with Gasteiger partial charge in [-0.25, -0.2) is 0 Å². The van der Waals surface area contributed by atoms with Crippen molar-refractivity contribution in [2.45, 2.75) is 57.4 Å². The Morgan fingerprint density at radius 2 is 1.60 bits per heavy atom. The quantitative estimate of drug-likeness (QED) is 0.156. The van der Waals surface area contributed by atoms with Crippen LogP contribution in [-0.2, 0) is 20.8 Å². The third-order valence-corrected chi connectivity index (χ3v) is 8.22. The van der Waals surface area contributed by atoms with Crippen molar-refractivity contribution in [3.63, 3.8) is 0 Å². The maximum absolute atomic E-state index is 13.4. The Labute approximate surface area is 258 Å². The minimum atomic E-state index is -1.06. The van der Waals surface area contributed by atoms with Crippen molar-refractivity contribution in [2.75, 3.05) is 25.3 Å². The van der Waals surface area contributed by atoms with Crippen LogP contribution < -0.4 is 20.1 Å². The van der Waals surface area contributed by atoms with Gasteiger partial charge in [0.25, 0.3) is 0 Å². The smallest absolute Gasteiger partial charge is 0.305 e. The van der Waals surface area contributed by atoms with Crippen LogP contribution in [0.3, 0.4) is 0 Å². The molecule has 0 saturated heterocycles. The maximum atomic E-state index is 13.4. The molecule has 0 aliphatic heterocycles. The molecule has 0 aromatic heterocycles. The Morgan fingerprint density at radius 3 is 2.23 bits per heavy atom. The second-order valence-electron chi connectivity index (χ2n) is 10.9. The molecule has 3 aromatic rings. The number of thioether (sulfide) groups is 1. The highest BCUT2D eigenvalue weighted by molar-refractivity contribution is 7.99. The van der Waals surface area contributed by atoms with Crippen LogP contribution >= 0.6 is 11.8 Å². The molecule has 8 nitrogen and oxygen atoms in total. The summed E-state index contributed by atoms with van der Waals surface area (Å²) < 4.78 is 10.6. The number of hydrogen-bond acceptors (Lipinski definition) is 6. The van der Waals surface area contributed by atoms with Crippen LogP contribution in [0.2, 0.25) is 0 Å². The van der Waals surface area contributed by atoms with Crippen molar-refractivity contribution in [1.82, 2.24) is 5.32 Å². The van der Waals surface area contributed by atoms with E-state index in [1.807, 2.05) is 55.9 Å². The van der Waals surface area contributed by atoms with Crippen molar-refractivity contribution in [2.24, 2.45) is 11.8 Å². The average Bonchev–Trinajstić information content (AvgIpc) is 2.97. The van der Waals surface area contributed by atoms with Crippen molar-refractivity contribution >= 4 is 35.2 Å². The van der Waals surface area contributed by atoms with Gasteiger partial charge in [0.05, 0.1) is 26.7 Å². The zero-order valence-electron chi connectivity index (χ0n) is 25.5. The lowest BCUT2D eigenvalue weighted by atomic mass is 9.92. The molecule has 0 aliphatic rings. The highest BCUT2D eigenvalue weighted by Crippen LogP contribution is 2.31. The third kappa shape index (κ3) is 10.7. The Bertz CT molecular complexity index is 1380. The van der Waals surface area contributed by atoms with Gasteiger partial charge >= 0.3 is 5.97 Å².